The van der Waals surface area contributed by atoms with E-state index in [1.807, 2.05) is 44.2 Å². The minimum atomic E-state index is -0.634. The third kappa shape index (κ3) is 2.72. The molecule has 2 rings (SSSR count). The molecular formula is C15H19N3O2. The molecule has 0 unspecified atom stereocenters. The first-order chi connectivity index (χ1) is 9.54. The van der Waals surface area contributed by atoms with Crippen LogP contribution in [0.2, 0.25) is 0 Å². The van der Waals surface area contributed by atoms with Gasteiger partial charge >= 0.3 is 0 Å². The largest absolute Gasteiger partial charge is 0.367 e. The number of methoxy groups -OCH3 is 1. The molecule has 0 aliphatic heterocycles. The fourth-order valence-electron chi connectivity index (χ4n) is 2.14. The number of amides is 1. The molecule has 106 valence electrons. The summed E-state index contributed by atoms with van der Waals surface area (Å²) in [6.07, 6.45) is -0.634. The van der Waals surface area contributed by atoms with Crippen molar-refractivity contribution >= 4 is 11.7 Å². The molecule has 0 aliphatic carbocycles. The zero-order valence-corrected chi connectivity index (χ0v) is 12.2. The summed E-state index contributed by atoms with van der Waals surface area (Å²) in [5.74, 6) is 0.496. The van der Waals surface area contributed by atoms with E-state index in [0.717, 1.165) is 16.8 Å². The van der Waals surface area contributed by atoms with E-state index in [1.54, 1.807) is 11.7 Å². The quantitative estimate of drug-likeness (QED) is 0.930. The van der Waals surface area contributed by atoms with E-state index in [0.29, 0.717) is 5.82 Å². The molecule has 0 bridgehead atoms. The number of aromatic nitrogens is 2. The first-order valence-corrected chi connectivity index (χ1v) is 6.43. The highest BCUT2D eigenvalue weighted by molar-refractivity contribution is 5.94. The predicted molar refractivity (Wildman–Crippen MR) is 77.5 cm³/mol. The lowest BCUT2D eigenvalue weighted by atomic mass is 10.1. The molecule has 0 saturated carbocycles. The summed E-state index contributed by atoms with van der Waals surface area (Å²) in [6, 6.07) is 9.41. The fraction of sp³-hybridized carbons (Fsp3) is 0.333. The first kappa shape index (κ1) is 14.3. The highest BCUT2D eigenvalue weighted by Gasteiger charge is 2.22. The van der Waals surface area contributed by atoms with E-state index in [2.05, 4.69) is 10.4 Å². The van der Waals surface area contributed by atoms with Crippen LogP contribution in [0.25, 0.3) is 0 Å². The van der Waals surface area contributed by atoms with Gasteiger partial charge in [0.1, 0.15) is 5.82 Å². The Hall–Kier alpha value is -2.14. The van der Waals surface area contributed by atoms with Gasteiger partial charge in [-0.05, 0) is 19.4 Å². The van der Waals surface area contributed by atoms with Crippen molar-refractivity contribution in [3.8, 4) is 0 Å². The number of carbonyl (C=O) groups is 1. The normalized spacial score (nSPS) is 12.2. The maximum Gasteiger partial charge on any atom is 0.259 e. The van der Waals surface area contributed by atoms with Gasteiger partial charge < -0.3 is 10.1 Å². The number of benzene rings is 1. The van der Waals surface area contributed by atoms with Crippen LogP contribution in [-0.2, 0) is 16.6 Å². The zero-order valence-electron chi connectivity index (χ0n) is 12.2. The van der Waals surface area contributed by atoms with Crippen LogP contribution in [0.15, 0.2) is 30.3 Å². The summed E-state index contributed by atoms with van der Waals surface area (Å²) in [5.41, 5.74) is 2.68. The van der Waals surface area contributed by atoms with Gasteiger partial charge in [0.25, 0.3) is 5.91 Å². The van der Waals surface area contributed by atoms with Gasteiger partial charge in [0.15, 0.2) is 6.10 Å². The number of carbonyl (C=O) groups excluding carboxylic acids is 1. The summed E-state index contributed by atoms with van der Waals surface area (Å²) in [5, 5.41) is 7.17. The summed E-state index contributed by atoms with van der Waals surface area (Å²) in [4.78, 5) is 12.4. The molecular weight excluding hydrogens is 254 g/mol. The van der Waals surface area contributed by atoms with Crippen LogP contribution >= 0.6 is 0 Å². The monoisotopic (exact) mass is 273 g/mol. The Morgan fingerprint density at radius 3 is 2.45 bits per heavy atom. The van der Waals surface area contributed by atoms with Crippen LogP contribution in [0, 0.1) is 13.8 Å². The van der Waals surface area contributed by atoms with Gasteiger partial charge in [0, 0.05) is 19.7 Å². The van der Waals surface area contributed by atoms with Crippen molar-refractivity contribution in [2.24, 2.45) is 7.05 Å². The molecule has 0 aliphatic rings. The molecule has 1 N–H and O–H groups in total. The highest BCUT2D eigenvalue weighted by atomic mass is 16.5. The fourth-order valence-corrected chi connectivity index (χ4v) is 2.14. The van der Waals surface area contributed by atoms with Gasteiger partial charge in [-0.15, -0.1) is 0 Å². The van der Waals surface area contributed by atoms with Gasteiger partial charge in [-0.3, -0.25) is 9.48 Å². The standard InChI is InChI=1S/C15H19N3O2/c1-10-11(2)17-18(3)14(10)16-15(19)13(20-4)12-8-6-5-7-9-12/h5-9,13H,1-4H3,(H,16,19)/t13-/m1/s1. The lowest BCUT2D eigenvalue weighted by molar-refractivity contribution is -0.126. The molecule has 0 fully saturated rings. The van der Waals surface area contributed by atoms with Crippen molar-refractivity contribution in [3.63, 3.8) is 0 Å². The highest BCUT2D eigenvalue weighted by Crippen LogP contribution is 2.21. The second-order valence-electron chi connectivity index (χ2n) is 4.70. The number of ether oxygens (including phenoxy) is 1. The van der Waals surface area contributed by atoms with Gasteiger partial charge in [-0.25, -0.2) is 0 Å². The molecule has 1 aromatic carbocycles. The molecule has 1 heterocycles. The van der Waals surface area contributed by atoms with E-state index in [-0.39, 0.29) is 5.91 Å². The second kappa shape index (κ2) is 5.88. The van der Waals surface area contributed by atoms with Crippen LogP contribution in [0.3, 0.4) is 0 Å². The van der Waals surface area contributed by atoms with Gasteiger partial charge in [-0.2, -0.15) is 5.10 Å². The van der Waals surface area contributed by atoms with Gasteiger partial charge in [0.2, 0.25) is 0 Å². The summed E-state index contributed by atoms with van der Waals surface area (Å²) in [7, 11) is 3.33. The number of aryl methyl sites for hydroxylation is 2. The van der Waals surface area contributed by atoms with Crippen molar-refractivity contribution in [1.82, 2.24) is 9.78 Å². The predicted octanol–water partition coefficient (Wildman–Crippen LogP) is 2.36. The number of rotatable bonds is 4. The van der Waals surface area contributed by atoms with E-state index in [9.17, 15) is 4.79 Å². The van der Waals surface area contributed by atoms with Crippen molar-refractivity contribution in [3.05, 3.63) is 47.2 Å². The summed E-state index contributed by atoms with van der Waals surface area (Å²) >= 11 is 0. The number of nitrogens with one attached hydrogen (secondary N) is 1. The first-order valence-electron chi connectivity index (χ1n) is 6.43. The molecule has 1 amide bonds. The molecule has 0 saturated heterocycles. The Morgan fingerprint density at radius 2 is 1.95 bits per heavy atom. The number of hydrogen-bond donors (Lipinski definition) is 1. The topological polar surface area (TPSA) is 56.1 Å². The molecule has 0 radical (unpaired) electrons. The Kier molecular flexibility index (Phi) is 4.20. The van der Waals surface area contributed by atoms with Gasteiger partial charge in [0.05, 0.1) is 5.69 Å². The SMILES string of the molecule is CO[C@@H](C(=O)Nc1c(C)c(C)nn1C)c1ccccc1. The Labute approximate surface area is 118 Å². The third-order valence-electron chi connectivity index (χ3n) is 3.34. The van der Waals surface area contributed by atoms with Crippen LogP contribution < -0.4 is 5.32 Å². The van der Waals surface area contributed by atoms with Crippen LogP contribution in [-0.4, -0.2) is 22.8 Å². The molecule has 1 atom stereocenters. The Balaban J connectivity index is 2.22. The zero-order chi connectivity index (χ0) is 14.7. The number of hydrogen-bond acceptors (Lipinski definition) is 3. The lowest BCUT2D eigenvalue weighted by Crippen LogP contribution is -2.24. The Bertz CT molecular complexity index is 605. The van der Waals surface area contributed by atoms with Crippen LogP contribution in [0.5, 0.6) is 0 Å². The molecule has 5 heteroatoms. The summed E-state index contributed by atoms with van der Waals surface area (Å²) in [6.45, 7) is 3.85. The van der Waals surface area contributed by atoms with Crippen LogP contribution in [0.4, 0.5) is 5.82 Å². The van der Waals surface area contributed by atoms with Crippen molar-refractivity contribution < 1.29 is 9.53 Å². The average Bonchev–Trinajstić information content (AvgIpc) is 2.67. The van der Waals surface area contributed by atoms with E-state index in [1.165, 1.54) is 7.11 Å². The maximum absolute atomic E-state index is 12.4. The second-order valence-corrected chi connectivity index (χ2v) is 4.70. The number of anilines is 1. The van der Waals surface area contributed by atoms with Gasteiger partial charge in [-0.1, -0.05) is 30.3 Å². The minimum absolute atomic E-state index is 0.204. The summed E-state index contributed by atoms with van der Waals surface area (Å²) < 4.78 is 6.98. The maximum atomic E-state index is 12.4. The van der Waals surface area contributed by atoms with E-state index in [4.69, 9.17) is 4.74 Å². The Morgan fingerprint density at radius 1 is 1.30 bits per heavy atom. The molecule has 2 aromatic rings. The lowest BCUT2D eigenvalue weighted by Gasteiger charge is -2.16. The molecule has 5 nitrogen and oxygen atoms in total. The van der Waals surface area contributed by atoms with Crippen molar-refractivity contribution in [2.45, 2.75) is 20.0 Å². The smallest absolute Gasteiger partial charge is 0.259 e. The molecule has 0 spiro atoms. The van der Waals surface area contributed by atoms with Crippen molar-refractivity contribution in [2.75, 3.05) is 12.4 Å². The number of nitrogens with zero attached hydrogens (tertiary/aromatic N) is 2. The molecule has 1 aromatic heterocycles. The third-order valence-corrected chi connectivity index (χ3v) is 3.34. The van der Waals surface area contributed by atoms with E-state index >= 15 is 0 Å². The molecule has 20 heavy (non-hydrogen) atoms. The van der Waals surface area contributed by atoms with Crippen LogP contribution in [0.1, 0.15) is 22.9 Å². The minimum Gasteiger partial charge on any atom is -0.367 e. The average molecular weight is 273 g/mol. The van der Waals surface area contributed by atoms with E-state index < -0.39 is 6.10 Å². The van der Waals surface area contributed by atoms with Crippen molar-refractivity contribution in [1.29, 1.82) is 0 Å².